The number of hydrogen-bond donors (Lipinski definition) is 1. The standard InChI is InChI=1S/C12H17N3O4S/c1-2-19-12(16)10-6-13-3-4-14(10)7-9-5-11(15(17)18)20-8-9/h5,8,10,13H,2-4,6-7H2,1H3. The summed E-state index contributed by atoms with van der Waals surface area (Å²) < 4.78 is 5.07. The summed E-state index contributed by atoms with van der Waals surface area (Å²) in [6, 6.07) is 1.23. The first-order valence-corrected chi connectivity index (χ1v) is 7.33. The molecule has 20 heavy (non-hydrogen) atoms. The van der Waals surface area contributed by atoms with Gasteiger partial charge in [0.25, 0.3) is 0 Å². The summed E-state index contributed by atoms with van der Waals surface area (Å²) in [5.41, 5.74) is 0.859. The average molecular weight is 299 g/mol. The lowest BCUT2D eigenvalue weighted by Gasteiger charge is -2.34. The van der Waals surface area contributed by atoms with Crippen LogP contribution in [0.5, 0.6) is 0 Å². The summed E-state index contributed by atoms with van der Waals surface area (Å²) in [5, 5.41) is 15.7. The minimum absolute atomic E-state index is 0.128. The van der Waals surface area contributed by atoms with Crippen molar-refractivity contribution in [2.24, 2.45) is 0 Å². The zero-order valence-corrected chi connectivity index (χ0v) is 12.0. The van der Waals surface area contributed by atoms with Crippen molar-refractivity contribution in [3.05, 3.63) is 27.1 Å². The van der Waals surface area contributed by atoms with Gasteiger partial charge in [0.2, 0.25) is 0 Å². The fourth-order valence-electron chi connectivity index (χ4n) is 2.18. The number of nitro groups is 1. The monoisotopic (exact) mass is 299 g/mol. The van der Waals surface area contributed by atoms with E-state index < -0.39 is 4.92 Å². The van der Waals surface area contributed by atoms with Crippen LogP contribution in [0, 0.1) is 10.1 Å². The third-order valence-corrected chi connectivity index (χ3v) is 4.05. The van der Waals surface area contributed by atoms with Crippen molar-refractivity contribution in [3.63, 3.8) is 0 Å². The SMILES string of the molecule is CCOC(=O)C1CNCCN1Cc1csc([N+](=O)[O-])c1. The fourth-order valence-corrected chi connectivity index (χ4v) is 2.90. The summed E-state index contributed by atoms with van der Waals surface area (Å²) in [6.07, 6.45) is 0. The molecule has 1 aliphatic rings. The van der Waals surface area contributed by atoms with Crippen LogP contribution in [0.25, 0.3) is 0 Å². The number of nitrogens with zero attached hydrogens (tertiary/aromatic N) is 2. The summed E-state index contributed by atoms with van der Waals surface area (Å²) in [6.45, 7) is 4.71. The normalized spacial score (nSPS) is 19.8. The number of rotatable bonds is 5. The van der Waals surface area contributed by atoms with Crippen LogP contribution in [-0.2, 0) is 16.1 Å². The lowest BCUT2D eigenvalue weighted by molar-refractivity contribution is -0.380. The van der Waals surface area contributed by atoms with Crippen LogP contribution in [0.1, 0.15) is 12.5 Å². The van der Waals surface area contributed by atoms with Crippen LogP contribution < -0.4 is 5.32 Å². The third-order valence-electron chi connectivity index (χ3n) is 3.12. The van der Waals surface area contributed by atoms with Crippen molar-refractivity contribution >= 4 is 22.3 Å². The lowest BCUT2D eigenvalue weighted by Crippen LogP contribution is -2.54. The molecule has 7 nitrogen and oxygen atoms in total. The molecule has 1 aromatic heterocycles. The highest BCUT2D eigenvalue weighted by molar-refractivity contribution is 7.13. The van der Waals surface area contributed by atoms with Crippen LogP contribution in [-0.4, -0.2) is 48.1 Å². The fraction of sp³-hybridized carbons (Fsp3) is 0.583. The van der Waals surface area contributed by atoms with Gasteiger partial charge in [-0.05, 0) is 12.5 Å². The molecule has 0 aliphatic carbocycles. The van der Waals surface area contributed by atoms with Gasteiger partial charge in [0.1, 0.15) is 6.04 Å². The molecule has 0 bridgehead atoms. The maximum absolute atomic E-state index is 11.9. The summed E-state index contributed by atoms with van der Waals surface area (Å²) in [4.78, 5) is 24.2. The Morgan fingerprint density at radius 3 is 3.15 bits per heavy atom. The second-order valence-electron chi connectivity index (χ2n) is 4.49. The first-order valence-electron chi connectivity index (χ1n) is 6.45. The number of carbonyl (C=O) groups excluding carboxylic acids is 1. The highest BCUT2D eigenvalue weighted by atomic mass is 32.1. The molecular weight excluding hydrogens is 282 g/mol. The van der Waals surface area contributed by atoms with Crippen LogP contribution in [0.15, 0.2) is 11.4 Å². The zero-order valence-electron chi connectivity index (χ0n) is 11.2. The van der Waals surface area contributed by atoms with E-state index in [1.807, 2.05) is 4.90 Å². The molecule has 1 aliphatic heterocycles. The van der Waals surface area contributed by atoms with Gasteiger partial charge in [-0.25, -0.2) is 0 Å². The average Bonchev–Trinajstić information content (AvgIpc) is 2.88. The number of nitrogens with one attached hydrogen (secondary N) is 1. The van der Waals surface area contributed by atoms with Gasteiger partial charge in [-0.1, -0.05) is 11.3 Å². The second kappa shape index (κ2) is 6.78. The molecule has 8 heteroatoms. The van der Waals surface area contributed by atoms with Gasteiger partial charge in [0, 0.05) is 37.6 Å². The Labute approximate surface area is 120 Å². The van der Waals surface area contributed by atoms with E-state index in [0.29, 0.717) is 26.2 Å². The number of piperazine rings is 1. The molecule has 1 aromatic rings. The van der Waals surface area contributed by atoms with Crippen molar-refractivity contribution < 1.29 is 14.5 Å². The van der Waals surface area contributed by atoms with E-state index in [9.17, 15) is 14.9 Å². The topological polar surface area (TPSA) is 84.7 Å². The molecule has 1 fully saturated rings. The Kier molecular flexibility index (Phi) is 5.05. The Hall–Kier alpha value is -1.51. The quantitative estimate of drug-likeness (QED) is 0.496. The Morgan fingerprint density at radius 1 is 1.70 bits per heavy atom. The molecule has 2 heterocycles. The maximum Gasteiger partial charge on any atom is 0.324 e. The number of esters is 1. The zero-order chi connectivity index (χ0) is 14.5. The predicted molar refractivity (Wildman–Crippen MR) is 74.7 cm³/mol. The van der Waals surface area contributed by atoms with Crippen molar-refractivity contribution in [2.45, 2.75) is 19.5 Å². The molecule has 0 saturated carbocycles. The molecule has 0 amide bonds. The minimum atomic E-state index is -0.394. The van der Waals surface area contributed by atoms with E-state index in [2.05, 4.69) is 5.32 Å². The molecular formula is C12H17N3O4S. The molecule has 0 spiro atoms. The molecule has 1 N–H and O–H groups in total. The molecule has 1 saturated heterocycles. The number of hydrogen-bond acceptors (Lipinski definition) is 7. The lowest BCUT2D eigenvalue weighted by atomic mass is 10.1. The van der Waals surface area contributed by atoms with Crippen LogP contribution in [0.2, 0.25) is 0 Å². The Bertz CT molecular complexity index is 491. The predicted octanol–water partition coefficient (Wildman–Crippen LogP) is 0.993. The van der Waals surface area contributed by atoms with Crippen LogP contribution in [0.4, 0.5) is 5.00 Å². The van der Waals surface area contributed by atoms with E-state index in [1.54, 1.807) is 18.4 Å². The maximum atomic E-state index is 11.9. The minimum Gasteiger partial charge on any atom is -0.465 e. The molecule has 0 radical (unpaired) electrons. The first kappa shape index (κ1) is 14.9. The molecule has 0 aromatic carbocycles. The summed E-state index contributed by atoms with van der Waals surface area (Å²) in [5.74, 6) is -0.246. The summed E-state index contributed by atoms with van der Waals surface area (Å²) in [7, 11) is 0. The van der Waals surface area contributed by atoms with E-state index in [4.69, 9.17) is 4.74 Å². The summed E-state index contributed by atoms with van der Waals surface area (Å²) >= 11 is 1.11. The Balaban J connectivity index is 2.04. The number of ether oxygens (including phenoxy) is 1. The van der Waals surface area contributed by atoms with Crippen LogP contribution >= 0.6 is 11.3 Å². The molecule has 1 atom stereocenters. The van der Waals surface area contributed by atoms with E-state index >= 15 is 0 Å². The van der Waals surface area contributed by atoms with Gasteiger partial charge in [-0.2, -0.15) is 0 Å². The molecule has 1 unspecified atom stereocenters. The van der Waals surface area contributed by atoms with Crippen molar-refractivity contribution in [2.75, 3.05) is 26.2 Å². The Morgan fingerprint density at radius 2 is 2.50 bits per heavy atom. The smallest absolute Gasteiger partial charge is 0.324 e. The highest BCUT2D eigenvalue weighted by Gasteiger charge is 2.30. The van der Waals surface area contributed by atoms with Gasteiger partial charge in [-0.3, -0.25) is 19.8 Å². The first-order chi connectivity index (χ1) is 9.61. The van der Waals surface area contributed by atoms with Gasteiger partial charge < -0.3 is 10.1 Å². The van der Waals surface area contributed by atoms with Gasteiger partial charge in [0.05, 0.1) is 11.5 Å². The largest absolute Gasteiger partial charge is 0.465 e. The van der Waals surface area contributed by atoms with E-state index in [0.717, 1.165) is 23.4 Å². The van der Waals surface area contributed by atoms with Crippen molar-refractivity contribution in [1.29, 1.82) is 0 Å². The number of thiophene rings is 1. The number of carbonyl (C=O) groups is 1. The van der Waals surface area contributed by atoms with Crippen molar-refractivity contribution in [3.8, 4) is 0 Å². The van der Waals surface area contributed by atoms with E-state index in [1.165, 1.54) is 0 Å². The van der Waals surface area contributed by atoms with Crippen LogP contribution in [0.3, 0.4) is 0 Å². The molecule has 2 rings (SSSR count). The third kappa shape index (κ3) is 3.53. The highest BCUT2D eigenvalue weighted by Crippen LogP contribution is 2.24. The molecule has 110 valence electrons. The van der Waals surface area contributed by atoms with Crippen molar-refractivity contribution in [1.82, 2.24) is 10.2 Å². The second-order valence-corrected chi connectivity index (χ2v) is 5.38. The van der Waals surface area contributed by atoms with E-state index in [-0.39, 0.29) is 17.0 Å². The van der Waals surface area contributed by atoms with Gasteiger partial charge in [-0.15, -0.1) is 0 Å². The van der Waals surface area contributed by atoms with Gasteiger partial charge in [0.15, 0.2) is 0 Å². The van der Waals surface area contributed by atoms with Gasteiger partial charge >= 0.3 is 11.0 Å².